The van der Waals surface area contributed by atoms with Gasteiger partial charge in [-0.15, -0.1) is 6.58 Å². The van der Waals surface area contributed by atoms with Gasteiger partial charge in [-0.3, -0.25) is 4.98 Å². The van der Waals surface area contributed by atoms with Crippen LogP contribution in [0.1, 0.15) is 120 Å². The van der Waals surface area contributed by atoms with Gasteiger partial charge in [0.1, 0.15) is 0 Å². The summed E-state index contributed by atoms with van der Waals surface area (Å²) in [6, 6.07) is 38.9. The quantitative estimate of drug-likeness (QED) is 0.0733. The smallest absolute Gasteiger partial charge is 0.0447 e. The molecular formula is C62H81N. The second-order valence-corrected chi connectivity index (χ2v) is 16.6. The number of hydrogen-bond acceptors (Lipinski definition) is 1. The van der Waals surface area contributed by atoms with Gasteiger partial charge in [0.15, 0.2) is 0 Å². The van der Waals surface area contributed by atoms with Crippen molar-refractivity contribution in [1.82, 2.24) is 4.98 Å². The van der Waals surface area contributed by atoms with Gasteiger partial charge in [0.2, 0.25) is 0 Å². The monoisotopic (exact) mass is 840 g/mol. The Balaban J connectivity index is 0.000000392. The molecule has 0 spiro atoms. The molecule has 1 fully saturated rings. The summed E-state index contributed by atoms with van der Waals surface area (Å²) in [4.78, 5) is 4.40. The highest BCUT2D eigenvalue weighted by molar-refractivity contribution is 5.27. The zero-order valence-corrected chi connectivity index (χ0v) is 40.8. The van der Waals surface area contributed by atoms with Crippen molar-refractivity contribution >= 4 is 0 Å². The van der Waals surface area contributed by atoms with Crippen molar-refractivity contribution in [3.63, 3.8) is 0 Å². The Labute approximate surface area is 386 Å². The lowest BCUT2D eigenvalue weighted by Gasteiger charge is -2.29. The van der Waals surface area contributed by atoms with Gasteiger partial charge in [0.05, 0.1) is 0 Å². The predicted octanol–water partition coefficient (Wildman–Crippen LogP) is 18.1. The lowest BCUT2D eigenvalue weighted by Crippen LogP contribution is -2.13. The number of hydrogen-bond donors (Lipinski definition) is 0. The fourth-order valence-electron chi connectivity index (χ4n) is 6.38. The van der Waals surface area contributed by atoms with E-state index in [0.717, 1.165) is 43.2 Å². The lowest BCUT2D eigenvalue weighted by atomic mass is 9.76. The maximum atomic E-state index is 4.40. The average Bonchev–Trinajstić information content (AvgIpc) is 3.29. The molecule has 1 saturated carbocycles. The second kappa shape index (κ2) is 34.8. The molecule has 5 aromatic rings. The van der Waals surface area contributed by atoms with E-state index in [0.29, 0.717) is 0 Å². The number of rotatable bonds is 11. The molecular weight excluding hydrogens is 759 g/mol. The van der Waals surface area contributed by atoms with Crippen LogP contribution in [0.25, 0.3) is 0 Å². The van der Waals surface area contributed by atoms with Gasteiger partial charge in [0, 0.05) is 18.3 Å². The largest absolute Gasteiger partial charge is 0.261 e. The standard InChI is InChI=1S/C16H22.C14H15N.C10H16.2C8H10.C6H8/c1-12(2)14-8-10-16(11-9-14)15-6-4-13(3)5-7-15;1-11-3-6-13(7-4-11)9-14-8-5-12(2)10-15-14;1-3-5-7-9-10-8-6-4-2;2*1-7-3-5-8(2)6-4-7;1-3-5-6-4-2/h4-7,14,16H,1,8-11H2,2-3H3;3-8,10H,9H2,1-2H3;3-4,6-7,9H,1,5,8,10H2,2H3;2*3-6H,1-2H3;3-6H,1-2H2/b;;6-4+,9-7-;;;6-5-. The molecule has 6 rings (SSSR count). The molecule has 1 aliphatic carbocycles. The minimum absolute atomic E-state index is 0.779. The highest BCUT2D eigenvalue weighted by Crippen LogP contribution is 2.38. The summed E-state index contributed by atoms with van der Waals surface area (Å²) < 4.78 is 0. The van der Waals surface area contributed by atoms with Crippen LogP contribution in [-0.4, -0.2) is 4.98 Å². The average molecular weight is 840 g/mol. The second-order valence-electron chi connectivity index (χ2n) is 16.6. The zero-order chi connectivity index (χ0) is 46.7. The van der Waals surface area contributed by atoms with Crippen LogP contribution in [0.15, 0.2) is 202 Å². The van der Waals surface area contributed by atoms with Crippen molar-refractivity contribution in [2.45, 2.75) is 120 Å². The Hall–Kier alpha value is -5.79. The molecule has 0 bridgehead atoms. The number of benzene rings is 4. The molecule has 0 atom stereocenters. The summed E-state index contributed by atoms with van der Waals surface area (Å²) >= 11 is 0. The molecule has 0 unspecified atom stereocenters. The summed E-state index contributed by atoms with van der Waals surface area (Å²) in [5.74, 6) is 1.57. The summed E-state index contributed by atoms with van der Waals surface area (Å²) in [6.07, 6.45) is 29.1. The minimum Gasteiger partial charge on any atom is -0.261 e. The van der Waals surface area contributed by atoms with Crippen LogP contribution in [0, 0.1) is 54.4 Å². The van der Waals surface area contributed by atoms with Gasteiger partial charge in [-0.1, -0.05) is 217 Å². The molecule has 0 aliphatic heterocycles. The van der Waals surface area contributed by atoms with E-state index in [2.05, 4.69) is 220 Å². The topological polar surface area (TPSA) is 12.9 Å². The molecule has 0 N–H and O–H groups in total. The number of nitrogens with zero attached hydrogens (tertiary/aromatic N) is 1. The van der Waals surface area contributed by atoms with Crippen molar-refractivity contribution in [3.8, 4) is 0 Å². The molecule has 63 heavy (non-hydrogen) atoms. The number of aromatic nitrogens is 1. The Bertz CT molecular complexity index is 1890. The number of aryl methyl sites for hydroxylation is 7. The first kappa shape index (κ1) is 55.2. The van der Waals surface area contributed by atoms with Crippen molar-refractivity contribution in [1.29, 1.82) is 0 Å². The Morgan fingerprint density at radius 1 is 0.540 bits per heavy atom. The first-order valence-corrected chi connectivity index (χ1v) is 22.8. The van der Waals surface area contributed by atoms with Crippen molar-refractivity contribution in [2.75, 3.05) is 0 Å². The summed E-state index contributed by atoms with van der Waals surface area (Å²) in [5.41, 5.74) is 14.5. The van der Waals surface area contributed by atoms with Gasteiger partial charge in [-0.05, 0) is 142 Å². The Kier molecular flexibility index (Phi) is 30.5. The van der Waals surface area contributed by atoms with Crippen LogP contribution in [0.4, 0.5) is 0 Å². The maximum Gasteiger partial charge on any atom is 0.0447 e. The van der Waals surface area contributed by atoms with E-state index in [1.807, 2.05) is 31.3 Å². The van der Waals surface area contributed by atoms with Crippen LogP contribution < -0.4 is 0 Å². The zero-order valence-electron chi connectivity index (χ0n) is 40.8. The number of allylic oxidation sites excluding steroid dienone is 10. The van der Waals surface area contributed by atoms with Crippen LogP contribution in [0.3, 0.4) is 0 Å². The maximum absolute atomic E-state index is 4.40. The van der Waals surface area contributed by atoms with E-state index in [-0.39, 0.29) is 0 Å². The van der Waals surface area contributed by atoms with Crippen LogP contribution in [-0.2, 0) is 6.42 Å². The molecule has 1 aromatic heterocycles. The van der Waals surface area contributed by atoms with E-state index in [1.54, 1.807) is 12.2 Å². The highest BCUT2D eigenvalue weighted by Gasteiger charge is 2.22. The van der Waals surface area contributed by atoms with E-state index in [9.17, 15) is 0 Å². The van der Waals surface area contributed by atoms with Crippen molar-refractivity contribution in [3.05, 3.63) is 258 Å². The normalized spacial score (nSPS) is 13.9. The third kappa shape index (κ3) is 28.4. The van der Waals surface area contributed by atoms with E-state index in [4.69, 9.17) is 0 Å². The fraction of sp³-hybridized carbons (Fsp3) is 0.306. The van der Waals surface area contributed by atoms with Crippen LogP contribution >= 0.6 is 0 Å². The molecule has 0 amide bonds. The predicted molar refractivity (Wildman–Crippen MR) is 283 cm³/mol. The summed E-state index contributed by atoms with van der Waals surface area (Å²) in [7, 11) is 0. The first-order valence-electron chi connectivity index (χ1n) is 22.8. The minimum atomic E-state index is 0.779. The molecule has 0 saturated heterocycles. The fourth-order valence-corrected chi connectivity index (χ4v) is 6.38. The third-order valence-corrected chi connectivity index (χ3v) is 10.5. The number of pyridine rings is 1. The summed E-state index contributed by atoms with van der Waals surface area (Å²) in [5, 5.41) is 0. The first-order chi connectivity index (χ1) is 30.3. The van der Waals surface area contributed by atoms with Gasteiger partial charge in [-0.2, -0.15) is 0 Å². The van der Waals surface area contributed by atoms with Gasteiger partial charge >= 0.3 is 0 Å². The summed E-state index contributed by atoms with van der Waals surface area (Å²) in [6.45, 7) is 33.6. The lowest BCUT2D eigenvalue weighted by molar-refractivity contribution is 0.363. The van der Waals surface area contributed by atoms with E-state index >= 15 is 0 Å². The third-order valence-electron chi connectivity index (χ3n) is 10.5. The highest BCUT2D eigenvalue weighted by atomic mass is 14.7. The molecule has 4 aromatic carbocycles. The Morgan fingerprint density at radius 2 is 0.952 bits per heavy atom. The van der Waals surface area contributed by atoms with Crippen molar-refractivity contribution in [2.24, 2.45) is 5.92 Å². The molecule has 0 radical (unpaired) electrons. The molecule has 1 aliphatic rings. The molecule has 334 valence electrons. The SMILES string of the molecule is C=C(C)C1CCC(c2ccc(C)cc2)CC1.C=C/C=C\C=C.C=CC/C=C\CC/C=C/C.Cc1ccc(C)cc1.Cc1ccc(C)cc1.Cc1ccc(Cc2ccc(C)cn2)cc1. The van der Waals surface area contributed by atoms with Crippen LogP contribution in [0.5, 0.6) is 0 Å². The molecule has 1 heteroatoms. The van der Waals surface area contributed by atoms with E-state index < -0.39 is 0 Å². The van der Waals surface area contributed by atoms with Gasteiger partial charge < -0.3 is 0 Å². The van der Waals surface area contributed by atoms with Crippen LogP contribution in [0.2, 0.25) is 0 Å². The van der Waals surface area contributed by atoms with Gasteiger partial charge in [0.25, 0.3) is 0 Å². The van der Waals surface area contributed by atoms with Gasteiger partial charge in [-0.25, -0.2) is 0 Å². The molecule has 1 nitrogen and oxygen atoms in total. The Morgan fingerprint density at radius 3 is 1.33 bits per heavy atom. The van der Waals surface area contributed by atoms with Crippen molar-refractivity contribution < 1.29 is 0 Å². The van der Waals surface area contributed by atoms with E-state index in [1.165, 1.54) is 81.3 Å². The molecule has 1 heterocycles. The number of unbranched alkanes of at least 4 members (excludes halogenated alkanes) is 1.